The van der Waals surface area contributed by atoms with Gasteiger partial charge in [0.05, 0.1) is 11.9 Å². The molecule has 1 amide bonds. The van der Waals surface area contributed by atoms with Crippen molar-refractivity contribution >= 4 is 5.91 Å². The standard InChI is InChI=1S/C12H19N3O2/c1-9(12(16)15(3)4)17-11-6-5-10(7-13-2)14-8-11/h5-6,8-9,13H,7H2,1-4H3. The van der Waals surface area contributed by atoms with Gasteiger partial charge < -0.3 is 15.0 Å². The van der Waals surface area contributed by atoms with E-state index in [1.165, 1.54) is 4.90 Å². The molecule has 0 fully saturated rings. The number of aromatic nitrogens is 1. The van der Waals surface area contributed by atoms with Crippen LogP contribution in [0, 0.1) is 0 Å². The van der Waals surface area contributed by atoms with E-state index in [1.807, 2.05) is 19.2 Å². The predicted molar refractivity (Wildman–Crippen MR) is 65.8 cm³/mol. The molecule has 0 aliphatic carbocycles. The number of ether oxygens (including phenoxy) is 1. The summed E-state index contributed by atoms with van der Waals surface area (Å²) in [6, 6.07) is 3.69. The van der Waals surface area contributed by atoms with Crippen LogP contribution in [-0.2, 0) is 11.3 Å². The lowest BCUT2D eigenvalue weighted by Gasteiger charge is -2.18. The van der Waals surface area contributed by atoms with Crippen molar-refractivity contribution in [3.8, 4) is 5.75 Å². The number of hydrogen-bond donors (Lipinski definition) is 1. The highest BCUT2D eigenvalue weighted by Gasteiger charge is 2.16. The second kappa shape index (κ2) is 6.20. The molecule has 5 heteroatoms. The smallest absolute Gasteiger partial charge is 0.262 e. The summed E-state index contributed by atoms with van der Waals surface area (Å²) in [5.41, 5.74) is 0.937. The van der Waals surface area contributed by atoms with Crippen LogP contribution in [0.2, 0.25) is 0 Å². The summed E-state index contributed by atoms with van der Waals surface area (Å²) in [5, 5.41) is 3.01. The van der Waals surface area contributed by atoms with Crippen molar-refractivity contribution < 1.29 is 9.53 Å². The highest BCUT2D eigenvalue weighted by Crippen LogP contribution is 2.11. The van der Waals surface area contributed by atoms with Crippen LogP contribution in [0.25, 0.3) is 0 Å². The molecule has 5 nitrogen and oxygen atoms in total. The van der Waals surface area contributed by atoms with E-state index in [2.05, 4.69) is 10.3 Å². The molecule has 0 aliphatic rings. The lowest BCUT2D eigenvalue weighted by Crippen LogP contribution is -2.35. The van der Waals surface area contributed by atoms with E-state index in [9.17, 15) is 4.79 Å². The van der Waals surface area contributed by atoms with Gasteiger partial charge in [0.2, 0.25) is 0 Å². The number of rotatable bonds is 5. The molecule has 1 rings (SSSR count). The van der Waals surface area contributed by atoms with Crippen molar-refractivity contribution in [3.63, 3.8) is 0 Å². The third kappa shape index (κ3) is 4.03. The summed E-state index contributed by atoms with van der Waals surface area (Å²) >= 11 is 0. The number of carbonyl (C=O) groups is 1. The van der Waals surface area contributed by atoms with Gasteiger partial charge in [0.1, 0.15) is 5.75 Å². The Morgan fingerprint density at radius 2 is 2.24 bits per heavy atom. The van der Waals surface area contributed by atoms with Crippen LogP contribution in [0.1, 0.15) is 12.6 Å². The normalized spacial score (nSPS) is 12.0. The van der Waals surface area contributed by atoms with Gasteiger partial charge in [-0.05, 0) is 26.1 Å². The van der Waals surface area contributed by atoms with Crippen molar-refractivity contribution in [1.82, 2.24) is 15.2 Å². The summed E-state index contributed by atoms with van der Waals surface area (Å²) < 4.78 is 5.50. The van der Waals surface area contributed by atoms with Gasteiger partial charge in [-0.2, -0.15) is 0 Å². The average Bonchev–Trinajstić information content (AvgIpc) is 2.30. The maximum Gasteiger partial charge on any atom is 0.262 e. The minimum absolute atomic E-state index is 0.0655. The van der Waals surface area contributed by atoms with Crippen LogP contribution >= 0.6 is 0 Å². The predicted octanol–water partition coefficient (Wildman–Crippen LogP) is 0.656. The fourth-order valence-corrected chi connectivity index (χ4v) is 1.38. The van der Waals surface area contributed by atoms with E-state index >= 15 is 0 Å². The maximum atomic E-state index is 11.6. The molecule has 1 atom stereocenters. The lowest BCUT2D eigenvalue weighted by atomic mass is 10.3. The minimum Gasteiger partial charge on any atom is -0.479 e. The monoisotopic (exact) mass is 237 g/mol. The van der Waals surface area contributed by atoms with E-state index in [1.54, 1.807) is 27.2 Å². The van der Waals surface area contributed by atoms with Gasteiger partial charge in [-0.25, -0.2) is 0 Å². The topological polar surface area (TPSA) is 54.5 Å². The highest BCUT2D eigenvalue weighted by atomic mass is 16.5. The van der Waals surface area contributed by atoms with Crippen molar-refractivity contribution in [2.75, 3.05) is 21.1 Å². The van der Waals surface area contributed by atoms with Crippen LogP contribution in [-0.4, -0.2) is 43.0 Å². The second-order valence-electron chi connectivity index (χ2n) is 4.01. The Labute approximate surface area is 102 Å². The first-order valence-corrected chi connectivity index (χ1v) is 5.52. The molecule has 1 heterocycles. The molecule has 0 radical (unpaired) electrons. The summed E-state index contributed by atoms with van der Waals surface area (Å²) in [6.45, 7) is 2.44. The number of pyridine rings is 1. The Kier molecular flexibility index (Phi) is 4.90. The van der Waals surface area contributed by atoms with Crippen LogP contribution in [0.4, 0.5) is 0 Å². The molecule has 0 spiro atoms. The molecule has 1 aromatic rings. The molecule has 1 aromatic heterocycles. The van der Waals surface area contributed by atoms with Gasteiger partial charge >= 0.3 is 0 Å². The quantitative estimate of drug-likeness (QED) is 0.817. The third-order valence-electron chi connectivity index (χ3n) is 2.26. The number of likely N-dealkylation sites (N-methyl/N-ethyl adjacent to an activating group) is 1. The van der Waals surface area contributed by atoms with Gasteiger partial charge in [-0.1, -0.05) is 0 Å². The zero-order chi connectivity index (χ0) is 12.8. The van der Waals surface area contributed by atoms with Crippen LogP contribution in [0.15, 0.2) is 18.3 Å². The molecule has 0 bridgehead atoms. The van der Waals surface area contributed by atoms with Crippen molar-refractivity contribution in [2.24, 2.45) is 0 Å². The number of amides is 1. The number of nitrogens with zero attached hydrogens (tertiary/aromatic N) is 2. The third-order valence-corrected chi connectivity index (χ3v) is 2.26. The van der Waals surface area contributed by atoms with E-state index in [4.69, 9.17) is 4.74 Å². The number of carbonyl (C=O) groups excluding carboxylic acids is 1. The van der Waals surface area contributed by atoms with Gasteiger partial charge in [0.15, 0.2) is 6.10 Å². The molecule has 17 heavy (non-hydrogen) atoms. The van der Waals surface area contributed by atoms with Crippen molar-refractivity contribution in [3.05, 3.63) is 24.0 Å². The van der Waals surface area contributed by atoms with Gasteiger partial charge in [0.25, 0.3) is 5.91 Å². The molecule has 94 valence electrons. The zero-order valence-electron chi connectivity index (χ0n) is 10.7. The molecule has 1 unspecified atom stereocenters. The Bertz CT molecular complexity index is 363. The fourth-order valence-electron chi connectivity index (χ4n) is 1.38. The molecule has 0 saturated carbocycles. The summed E-state index contributed by atoms with van der Waals surface area (Å²) in [7, 11) is 5.27. The van der Waals surface area contributed by atoms with Gasteiger partial charge in [0, 0.05) is 20.6 Å². The van der Waals surface area contributed by atoms with Gasteiger partial charge in [-0.15, -0.1) is 0 Å². The Balaban J connectivity index is 2.60. The summed E-state index contributed by atoms with van der Waals surface area (Å²) in [4.78, 5) is 17.3. The average molecular weight is 237 g/mol. The summed E-state index contributed by atoms with van der Waals surface area (Å²) in [6.07, 6.45) is 1.13. The Morgan fingerprint density at radius 3 is 2.71 bits per heavy atom. The molecule has 1 N–H and O–H groups in total. The molecule has 0 aromatic carbocycles. The van der Waals surface area contributed by atoms with Crippen LogP contribution in [0.5, 0.6) is 5.75 Å². The zero-order valence-corrected chi connectivity index (χ0v) is 10.7. The highest BCUT2D eigenvalue weighted by molar-refractivity contribution is 5.80. The number of hydrogen-bond acceptors (Lipinski definition) is 4. The number of nitrogens with one attached hydrogen (secondary N) is 1. The Hall–Kier alpha value is -1.62. The molecular formula is C12H19N3O2. The molecular weight excluding hydrogens is 218 g/mol. The minimum atomic E-state index is -0.498. The van der Waals surface area contributed by atoms with E-state index < -0.39 is 6.10 Å². The Morgan fingerprint density at radius 1 is 1.53 bits per heavy atom. The first kappa shape index (κ1) is 13.4. The molecule has 0 saturated heterocycles. The lowest BCUT2D eigenvalue weighted by molar-refractivity contribution is -0.135. The maximum absolute atomic E-state index is 11.6. The molecule has 0 aliphatic heterocycles. The summed E-state index contributed by atoms with van der Waals surface area (Å²) in [5.74, 6) is 0.539. The van der Waals surface area contributed by atoms with E-state index in [0.29, 0.717) is 12.3 Å². The van der Waals surface area contributed by atoms with Crippen molar-refractivity contribution in [2.45, 2.75) is 19.6 Å². The second-order valence-corrected chi connectivity index (χ2v) is 4.01. The first-order valence-electron chi connectivity index (χ1n) is 5.52. The largest absolute Gasteiger partial charge is 0.479 e. The van der Waals surface area contributed by atoms with Crippen LogP contribution in [0.3, 0.4) is 0 Å². The first-order chi connectivity index (χ1) is 8.04. The van der Waals surface area contributed by atoms with Crippen molar-refractivity contribution in [1.29, 1.82) is 0 Å². The van der Waals surface area contributed by atoms with Gasteiger partial charge in [-0.3, -0.25) is 9.78 Å². The van der Waals surface area contributed by atoms with E-state index in [-0.39, 0.29) is 5.91 Å². The van der Waals surface area contributed by atoms with E-state index in [0.717, 1.165) is 5.69 Å². The SMILES string of the molecule is CNCc1ccc(OC(C)C(=O)N(C)C)cn1. The fraction of sp³-hybridized carbons (Fsp3) is 0.500. The van der Waals surface area contributed by atoms with Crippen LogP contribution < -0.4 is 10.1 Å².